The summed E-state index contributed by atoms with van der Waals surface area (Å²) in [6.07, 6.45) is 0. The number of methoxy groups -OCH3 is 1. The lowest BCUT2D eigenvalue weighted by Gasteiger charge is -2.23. The molecule has 0 saturated heterocycles. The van der Waals surface area contributed by atoms with Gasteiger partial charge in [-0.3, -0.25) is 14.9 Å². The summed E-state index contributed by atoms with van der Waals surface area (Å²) >= 11 is 12.1. The number of carbonyl (C=O) groups excluding carboxylic acids is 1. The Hall–Kier alpha value is -2.15. The number of amides is 1. The summed E-state index contributed by atoms with van der Waals surface area (Å²) in [7, 11) is 1.53. The van der Waals surface area contributed by atoms with Crippen molar-refractivity contribution < 1.29 is 14.5 Å². The van der Waals surface area contributed by atoms with Crippen LogP contribution in [-0.2, 0) is 11.3 Å². The Morgan fingerprint density at radius 1 is 1.24 bits per heavy atom. The third-order valence-corrected chi connectivity index (χ3v) is 4.33. The van der Waals surface area contributed by atoms with Gasteiger partial charge in [-0.1, -0.05) is 53.5 Å². The normalized spacial score (nSPS) is 10.5. The lowest BCUT2D eigenvalue weighted by molar-refractivity contribution is -0.384. The Morgan fingerprint density at radius 2 is 1.92 bits per heavy atom. The summed E-state index contributed by atoms with van der Waals surface area (Å²) < 4.78 is 5.05. The van der Waals surface area contributed by atoms with Crippen molar-refractivity contribution >= 4 is 34.8 Å². The molecule has 0 aliphatic carbocycles. The first-order valence-corrected chi connectivity index (χ1v) is 8.15. The van der Waals surface area contributed by atoms with Crippen LogP contribution in [0.2, 0.25) is 10.0 Å². The fourth-order valence-corrected chi connectivity index (χ4v) is 2.67. The number of nitro groups is 1. The smallest absolute Gasteiger partial charge is 0.271 e. The van der Waals surface area contributed by atoms with Gasteiger partial charge in [0.25, 0.3) is 11.6 Å². The number of hydrogen-bond donors (Lipinski definition) is 0. The molecule has 0 heterocycles. The highest BCUT2D eigenvalue weighted by molar-refractivity contribution is 6.44. The second-order valence-electron chi connectivity index (χ2n) is 5.25. The zero-order valence-electron chi connectivity index (χ0n) is 13.4. The summed E-state index contributed by atoms with van der Waals surface area (Å²) in [6.45, 7) is 0.944. The van der Waals surface area contributed by atoms with Crippen LogP contribution in [0.5, 0.6) is 0 Å². The van der Waals surface area contributed by atoms with Crippen LogP contribution in [0.3, 0.4) is 0 Å². The summed E-state index contributed by atoms with van der Waals surface area (Å²) in [6, 6.07) is 11.6. The van der Waals surface area contributed by atoms with Gasteiger partial charge in [0, 0.05) is 32.3 Å². The van der Waals surface area contributed by atoms with Crippen molar-refractivity contribution in [3.8, 4) is 0 Å². The van der Waals surface area contributed by atoms with Crippen molar-refractivity contribution in [2.45, 2.75) is 6.54 Å². The van der Waals surface area contributed by atoms with Gasteiger partial charge in [-0.25, -0.2) is 0 Å². The summed E-state index contributed by atoms with van der Waals surface area (Å²) in [5.41, 5.74) is 0.622. The van der Waals surface area contributed by atoms with Gasteiger partial charge in [0.15, 0.2) is 0 Å². The number of nitro benzene ring substituents is 1. The molecular weight excluding hydrogens is 367 g/mol. The molecule has 0 fully saturated rings. The molecule has 132 valence electrons. The number of hydrogen-bond acceptors (Lipinski definition) is 4. The van der Waals surface area contributed by atoms with E-state index in [9.17, 15) is 14.9 Å². The lowest BCUT2D eigenvalue weighted by Crippen LogP contribution is -2.33. The minimum absolute atomic E-state index is 0.00657. The van der Waals surface area contributed by atoms with Gasteiger partial charge in [-0.05, 0) is 5.56 Å². The van der Waals surface area contributed by atoms with Gasteiger partial charge >= 0.3 is 0 Å². The molecule has 8 heteroatoms. The van der Waals surface area contributed by atoms with Crippen LogP contribution < -0.4 is 0 Å². The van der Waals surface area contributed by atoms with Gasteiger partial charge in [0.05, 0.1) is 27.1 Å². The SMILES string of the molecule is COCCN(Cc1ccccc1)C(=O)c1cc([N+](=O)[O-])cc(Cl)c1Cl. The van der Waals surface area contributed by atoms with Crippen LogP contribution in [0.4, 0.5) is 5.69 Å². The van der Waals surface area contributed by atoms with E-state index in [1.165, 1.54) is 12.0 Å². The van der Waals surface area contributed by atoms with Gasteiger partial charge in [-0.2, -0.15) is 0 Å². The summed E-state index contributed by atoms with van der Waals surface area (Å²) in [5, 5.41) is 11.0. The van der Waals surface area contributed by atoms with Crippen molar-refractivity contribution in [2.24, 2.45) is 0 Å². The van der Waals surface area contributed by atoms with E-state index in [-0.39, 0.29) is 21.3 Å². The first-order chi connectivity index (χ1) is 11.9. The van der Waals surface area contributed by atoms with Crippen molar-refractivity contribution in [3.63, 3.8) is 0 Å². The van der Waals surface area contributed by atoms with Crippen LogP contribution >= 0.6 is 23.2 Å². The molecule has 2 aromatic carbocycles. The highest BCUT2D eigenvalue weighted by Gasteiger charge is 2.23. The molecule has 6 nitrogen and oxygen atoms in total. The topological polar surface area (TPSA) is 72.7 Å². The van der Waals surface area contributed by atoms with E-state index in [4.69, 9.17) is 27.9 Å². The number of ether oxygens (including phenoxy) is 1. The zero-order valence-corrected chi connectivity index (χ0v) is 15.0. The number of nitrogens with zero attached hydrogens (tertiary/aromatic N) is 2. The Bertz CT molecular complexity index is 769. The fourth-order valence-electron chi connectivity index (χ4n) is 2.26. The van der Waals surface area contributed by atoms with Crippen LogP contribution in [0.25, 0.3) is 0 Å². The molecule has 2 rings (SSSR count). The summed E-state index contributed by atoms with van der Waals surface area (Å²) in [4.78, 5) is 24.8. The number of carbonyl (C=O) groups is 1. The Balaban J connectivity index is 2.37. The molecule has 0 radical (unpaired) electrons. The maximum Gasteiger partial charge on any atom is 0.271 e. The predicted molar refractivity (Wildman–Crippen MR) is 96.2 cm³/mol. The second kappa shape index (κ2) is 8.80. The van der Waals surface area contributed by atoms with Gasteiger partial charge < -0.3 is 9.64 Å². The van der Waals surface area contributed by atoms with Crippen LogP contribution in [0.1, 0.15) is 15.9 Å². The standard InChI is InChI=1S/C17H16Cl2N2O4/c1-25-8-7-20(11-12-5-3-2-4-6-12)17(22)14-9-13(21(23)24)10-15(18)16(14)19/h2-6,9-10H,7-8,11H2,1H3. The van der Waals surface area contributed by atoms with E-state index in [0.29, 0.717) is 19.7 Å². The first-order valence-electron chi connectivity index (χ1n) is 7.39. The number of rotatable bonds is 7. The molecule has 0 spiro atoms. The van der Waals surface area contributed by atoms with Crippen molar-refractivity contribution in [2.75, 3.05) is 20.3 Å². The number of non-ortho nitro benzene ring substituents is 1. The zero-order chi connectivity index (χ0) is 18.4. The quantitative estimate of drug-likeness (QED) is 0.531. The minimum atomic E-state index is -0.615. The van der Waals surface area contributed by atoms with E-state index < -0.39 is 10.8 Å². The highest BCUT2D eigenvalue weighted by Crippen LogP contribution is 2.32. The van der Waals surface area contributed by atoms with E-state index in [1.54, 1.807) is 0 Å². The third kappa shape index (κ3) is 4.92. The molecule has 2 aromatic rings. The predicted octanol–water partition coefficient (Wildman–Crippen LogP) is 4.19. The van der Waals surface area contributed by atoms with Crippen molar-refractivity contribution in [3.05, 3.63) is 73.8 Å². The molecule has 0 aromatic heterocycles. The molecule has 25 heavy (non-hydrogen) atoms. The molecule has 0 saturated carbocycles. The second-order valence-corrected chi connectivity index (χ2v) is 6.04. The first kappa shape index (κ1) is 19.2. The number of halogens is 2. The Kier molecular flexibility index (Phi) is 6.75. The molecule has 0 unspecified atom stereocenters. The van der Waals surface area contributed by atoms with E-state index >= 15 is 0 Å². The summed E-state index contributed by atoms with van der Waals surface area (Å²) in [5.74, 6) is -0.448. The van der Waals surface area contributed by atoms with Crippen molar-refractivity contribution in [1.82, 2.24) is 4.90 Å². The third-order valence-electron chi connectivity index (χ3n) is 3.52. The largest absolute Gasteiger partial charge is 0.383 e. The maximum absolute atomic E-state index is 12.9. The Labute approximate surface area is 155 Å². The molecule has 0 aliphatic heterocycles. The molecule has 1 amide bonds. The fraction of sp³-hybridized carbons (Fsp3) is 0.235. The van der Waals surface area contributed by atoms with Crippen LogP contribution in [-0.4, -0.2) is 36.0 Å². The van der Waals surface area contributed by atoms with Crippen LogP contribution in [0.15, 0.2) is 42.5 Å². The Morgan fingerprint density at radius 3 is 2.52 bits per heavy atom. The average molecular weight is 383 g/mol. The van der Waals surface area contributed by atoms with E-state index in [0.717, 1.165) is 17.7 Å². The lowest BCUT2D eigenvalue weighted by atomic mass is 10.1. The number of benzene rings is 2. The molecule has 0 aliphatic rings. The van der Waals surface area contributed by atoms with E-state index in [1.807, 2.05) is 30.3 Å². The molecule has 0 atom stereocenters. The van der Waals surface area contributed by atoms with Gasteiger partial charge in [0.1, 0.15) is 0 Å². The molecule has 0 N–H and O–H groups in total. The molecule has 0 bridgehead atoms. The van der Waals surface area contributed by atoms with Gasteiger partial charge in [0.2, 0.25) is 0 Å². The average Bonchev–Trinajstić information content (AvgIpc) is 2.61. The van der Waals surface area contributed by atoms with E-state index in [2.05, 4.69) is 0 Å². The van der Waals surface area contributed by atoms with Crippen LogP contribution in [0, 0.1) is 10.1 Å². The monoisotopic (exact) mass is 382 g/mol. The maximum atomic E-state index is 12.9. The van der Waals surface area contributed by atoms with Crippen molar-refractivity contribution in [1.29, 1.82) is 0 Å². The minimum Gasteiger partial charge on any atom is -0.383 e. The van der Waals surface area contributed by atoms with Gasteiger partial charge in [-0.15, -0.1) is 0 Å². The molecular formula is C17H16Cl2N2O4. The highest BCUT2D eigenvalue weighted by atomic mass is 35.5.